The van der Waals surface area contributed by atoms with Crippen LogP contribution >= 0.6 is 0 Å². The van der Waals surface area contributed by atoms with Gasteiger partial charge in [0.2, 0.25) is 11.9 Å². The van der Waals surface area contributed by atoms with Gasteiger partial charge in [-0.2, -0.15) is 0 Å². The van der Waals surface area contributed by atoms with E-state index in [4.69, 9.17) is 5.41 Å². The number of nitrogens with zero attached hydrogens (tertiary/aromatic N) is 1. The molecule has 0 radical (unpaired) electrons. The van der Waals surface area contributed by atoms with Gasteiger partial charge in [0.05, 0.1) is 0 Å². The van der Waals surface area contributed by atoms with Crippen molar-refractivity contribution in [2.75, 3.05) is 13.6 Å². The summed E-state index contributed by atoms with van der Waals surface area (Å²) in [5, 5.41) is 12.5. The Morgan fingerprint density at radius 3 is 2.71 bits per heavy atom. The lowest BCUT2D eigenvalue weighted by Crippen LogP contribution is -2.21. The second-order valence-electron chi connectivity index (χ2n) is 2.92. The van der Waals surface area contributed by atoms with E-state index >= 15 is 0 Å². The molecule has 0 bridgehead atoms. The fourth-order valence-electron chi connectivity index (χ4n) is 0.975. The molecular weight excluding hydrogens is 180 g/mol. The molecule has 14 heavy (non-hydrogen) atoms. The second-order valence-corrected chi connectivity index (χ2v) is 2.92. The van der Waals surface area contributed by atoms with Crippen molar-refractivity contribution in [3.05, 3.63) is 0 Å². The summed E-state index contributed by atoms with van der Waals surface area (Å²) >= 11 is 0. The summed E-state index contributed by atoms with van der Waals surface area (Å²) in [6, 6.07) is 0. The van der Waals surface area contributed by atoms with Gasteiger partial charge >= 0.3 is 0 Å². The maximum absolute atomic E-state index is 10.8. The van der Waals surface area contributed by atoms with Crippen molar-refractivity contribution in [3.8, 4) is 0 Å². The standard InChI is InChI=1S/C9H18N4O/c1-11-8(14)6-4-3-5-7-13-9(10)12-2/h2-7H2,1H3,(H2,10,13)(H,11,14). The largest absolute Gasteiger partial charge is 0.359 e. The Hall–Kier alpha value is -1.39. The monoisotopic (exact) mass is 198 g/mol. The van der Waals surface area contributed by atoms with Crippen LogP contribution in [0.2, 0.25) is 0 Å². The van der Waals surface area contributed by atoms with Crippen LogP contribution in [0.4, 0.5) is 0 Å². The maximum atomic E-state index is 10.8. The van der Waals surface area contributed by atoms with Crippen LogP contribution in [0.5, 0.6) is 0 Å². The van der Waals surface area contributed by atoms with Crippen LogP contribution in [0.1, 0.15) is 25.7 Å². The first-order chi connectivity index (χ1) is 6.70. The molecular formula is C9H18N4O. The van der Waals surface area contributed by atoms with Gasteiger partial charge in [-0.3, -0.25) is 10.2 Å². The highest BCUT2D eigenvalue weighted by Crippen LogP contribution is 1.98. The summed E-state index contributed by atoms with van der Waals surface area (Å²) in [6.07, 6.45) is 3.38. The van der Waals surface area contributed by atoms with E-state index in [9.17, 15) is 4.79 Å². The molecule has 80 valence electrons. The highest BCUT2D eigenvalue weighted by Gasteiger charge is 1.97. The molecule has 0 saturated heterocycles. The third-order valence-corrected chi connectivity index (χ3v) is 1.81. The Labute approximate surface area is 84.5 Å². The topological polar surface area (TPSA) is 77.3 Å². The normalized spacial score (nSPS) is 9.21. The Bertz CT molecular complexity index is 203. The molecule has 5 heteroatoms. The van der Waals surface area contributed by atoms with Crippen molar-refractivity contribution < 1.29 is 4.79 Å². The number of carbonyl (C=O) groups excluding carboxylic acids is 1. The van der Waals surface area contributed by atoms with Crippen molar-refractivity contribution in [1.82, 2.24) is 10.6 Å². The van der Waals surface area contributed by atoms with Gasteiger partial charge < -0.3 is 10.6 Å². The molecule has 0 aromatic heterocycles. The Morgan fingerprint density at radius 2 is 2.14 bits per heavy atom. The number of hydrogen-bond donors (Lipinski definition) is 3. The van der Waals surface area contributed by atoms with Gasteiger partial charge in [0.15, 0.2) is 0 Å². The lowest BCUT2D eigenvalue weighted by Gasteiger charge is -2.03. The van der Waals surface area contributed by atoms with Crippen LogP contribution in [-0.4, -0.2) is 32.2 Å². The summed E-state index contributed by atoms with van der Waals surface area (Å²) in [7, 11) is 1.64. The average Bonchev–Trinajstić information content (AvgIpc) is 2.22. The zero-order valence-electron chi connectivity index (χ0n) is 8.60. The lowest BCUT2D eigenvalue weighted by atomic mass is 10.2. The summed E-state index contributed by atoms with van der Waals surface area (Å²) in [5.74, 6) is 0.190. The number of rotatable bonds is 6. The van der Waals surface area contributed by atoms with E-state index < -0.39 is 0 Å². The Morgan fingerprint density at radius 1 is 1.43 bits per heavy atom. The molecule has 1 amide bonds. The average molecular weight is 198 g/mol. The van der Waals surface area contributed by atoms with Crippen molar-refractivity contribution in [1.29, 1.82) is 5.41 Å². The molecule has 0 spiro atoms. The predicted molar refractivity (Wildman–Crippen MR) is 57.8 cm³/mol. The molecule has 0 unspecified atom stereocenters. The summed E-state index contributed by atoms with van der Waals surface area (Å²) in [5.41, 5.74) is 0. The smallest absolute Gasteiger partial charge is 0.219 e. The van der Waals surface area contributed by atoms with E-state index in [0.29, 0.717) is 13.0 Å². The zero-order valence-corrected chi connectivity index (χ0v) is 8.60. The quantitative estimate of drug-likeness (QED) is 0.330. The predicted octanol–water partition coefficient (Wildman–Crippen LogP) is 0.518. The van der Waals surface area contributed by atoms with Crippen LogP contribution < -0.4 is 10.6 Å². The first-order valence-corrected chi connectivity index (χ1v) is 4.70. The number of aliphatic imine (C=N–C) groups is 1. The van der Waals surface area contributed by atoms with Gasteiger partial charge in [-0.15, -0.1) is 0 Å². The van der Waals surface area contributed by atoms with Crippen LogP contribution in [0, 0.1) is 5.41 Å². The number of amides is 1. The molecule has 0 heterocycles. The summed E-state index contributed by atoms with van der Waals surface area (Å²) in [4.78, 5) is 14.2. The van der Waals surface area contributed by atoms with Crippen LogP contribution in [-0.2, 0) is 4.79 Å². The van der Waals surface area contributed by atoms with Crippen molar-refractivity contribution >= 4 is 18.6 Å². The van der Waals surface area contributed by atoms with Gasteiger partial charge in [-0.25, -0.2) is 4.99 Å². The third-order valence-electron chi connectivity index (χ3n) is 1.81. The van der Waals surface area contributed by atoms with Crippen molar-refractivity contribution in [2.24, 2.45) is 4.99 Å². The second kappa shape index (κ2) is 8.22. The molecule has 0 aliphatic rings. The van der Waals surface area contributed by atoms with E-state index in [1.165, 1.54) is 0 Å². The van der Waals surface area contributed by atoms with Gasteiger partial charge in [-0.1, -0.05) is 6.42 Å². The fourth-order valence-corrected chi connectivity index (χ4v) is 0.975. The van der Waals surface area contributed by atoms with Crippen LogP contribution in [0.3, 0.4) is 0 Å². The minimum Gasteiger partial charge on any atom is -0.359 e. The highest BCUT2D eigenvalue weighted by molar-refractivity contribution is 5.80. The van der Waals surface area contributed by atoms with Gasteiger partial charge in [0, 0.05) is 20.0 Å². The molecule has 0 fully saturated rings. The zero-order chi connectivity index (χ0) is 10.8. The first-order valence-electron chi connectivity index (χ1n) is 4.70. The molecule has 0 aliphatic carbocycles. The number of carbonyl (C=O) groups is 1. The van der Waals surface area contributed by atoms with E-state index in [1.807, 2.05) is 0 Å². The van der Waals surface area contributed by atoms with Gasteiger partial charge in [-0.05, 0) is 19.6 Å². The molecule has 0 atom stereocenters. The lowest BCUT2D eigenvalue weighted by molar-refractivity contribution is -0.120. The molecule has 0 aromatic carbocycles. The van der Waals surface area contributed by atoms with Gasteiger partial charge in [0.25, 0.3) is 0 Å². The van der Waals surface area contributed by atoms with E-state index in [-0.39, 0.29) is 11.9 Å². The van der Waals surface area contributed by atoms with Crippen LogP contribution in [0.15, 0.2) is 4.99 Å². The minimum absolute atomic E-state index is 0.0819. The molecule has 0 rings (SSSR count). The van der Waals surface area contributed by atoms with E-state index in [0.717, 1.165) is 19.3 Å². The van der Waals surface area contributed by atoms with Crippen molar-refractivity contribution in [2.45, 2.75) is 25.7 Å². The number of unbranched alkanes of at least 4 members (excludes halogenated alkanes) is 2. The number of guanidine groups is 1. The number of nitrogens with one attached hydrogen (secondary N) is 3. The molecule has 5 nitrogen and oxygen atoms in total. The highest BCUT2D eigenvalue weighted by atomic mass is 16.1. The summed E-state index contributed by atoms with van der Waals surface area (Å²) < 4.78 is 0. The summed E-state index contributed by atoms with van der Waals surface area (Å²) in [6.45, 7) is 3.93. The van der Waals surface area contributed by atoms with Crippen LogP contribution in [0.25, 0.3) is 0 Å². The first kappa shape index (κ1) is 12.6. The molecule has 0 aliphatic heterocycles. The number of hydrogen-bond acceptors (Lipinski definition) is 2. The van der Waals surface area contributed by atoms with Crippen molar-refractivity contribution in [3.63, 3.8) is 0 Å². The molecule has 0 saturated carbocycles. The SMILES string of the molecule is C=NC(=N)NCCCCCC(=O)NC. The third kappa shape index (κ3) is 7.27. The Kier molecular flexibility index (Phi) is 7.40. The minimum atomic E-state index is 0.0819. The van der Waals surface area contributed by atoms with E-state index in [2.05, 4.69) is 22.3 Å². The van der Waals surface area contributed by atoms with E-state index in [1.54, 1.807) is 7.05 Å². The van der Waals surface area contributed by atoms with Gasteiger partial charge in [0.1, 0.15) is 0 Å². The Balaban J connectivity index is 3.18. The maximum Gasteiger partial charge on any atom is 0.219 e. The molecule has 3 N–H and O–H groups in total. The molecule has 0 aromatic rings. The fraction of sp³-hybridized carbons (Fsp3) is 0.667.